The van der Waals surface area contributed by atoms with Crippen LogP contribution < -0.4 is 5.73 Å². The highest BCUT2D eigenvalue weighted by atomic mass is 32.2. The number of hydrogen-bond donors (Lipinski definition) is 1. The van der Waals surface area contributed by atoms with E-state index in [1.54, 1.807) is 36.4 Å². The highest BCUT2D eigenvalue weighted by Gasteiger charge is 2.15. The first-order chi connectivity index (χ1) is 9.91. The van der Waals surface area contributed by atoms with Gasteiger partial charge in [-0.25, -0.2) is 12.8 Å². The van der Waals surface area contributed by atoms with E-state index in [-0.39, 0.29) is 16.6 Å². The Labute approximate surface area is 124 Å². The van der Waals surface area contributed by atoms with Crippen molar-refractivity contribution in [3.05, 3.63) is 65.5 Å². The normalized spacial score (nSPS) is 13.1. The van der Waals surface area contributed by atoms with Gasteiger partial charge in [-0.2, -0.15) is 0 Å². The first-order valence-electron chi connectivity index (χ1n) is 6.67. The fourth-order valence-corrected chi connectivity index (χ4v) is 2.97. The molecule has 0 saturated carbocycles. The third-order valence-corrected chi connectivity index (χ3v) is 4.57. The second-order valence-corrected chi connectivity index (χ2v) is 7.04. The van der Waals surface area contributed by atoms with Crippen molar-refractivity contribution in [1.29, 1.82) is 0 Å². The first-order valence-corrected chi connectivity index (χ1v) is 8.56. The van der Waals surface area contributed by atoms with Crippen LogP contribution in [0.1, 0.15) is 23.5 Å². The van der Waals surface area contributed by atoms with Crippen LogP contribution in [0.5, 0.6) is 0 Å². The van der Waals surface area contributed by atoms with Crippen molar-refractivity contribution in [2.45, 2.75) is 17.2 Å². The van der Waals surface area contributed by atoms with Crippen LogP contribution in [0.2, 0.25) is 0 Å². The summed E-state index contributed by atoms with van der Waals surface area (Å²) in [5.74, 6) is -0.248. The van der Waals surface area contributed by atoms with Gasteiger partial charge in [0.05, 0.1) is 4.90 Å². The zero-order valence-corrected chi connectivity index (χ0v) is 12.6. The van der Waals surface area contributed by atoms with E-state index < -0.39 is 9.84 Å². The Hall–Kier alpha value is -1.72. The summed E-state index contributed by atoms with van der Waals surface area (Å²) in [5, 5.41) is 0. The second-order valence-electron chi connectivity index (χ2n) is 5.02. The molecule has 0 saturated heterocycles. The lowest BCUT2D eigenvalue weighted by Crippen LogP contribution is -2.09. The number of hydrogen-bond acceptors (Lipinski definition) is 3. The zero-order chi connectivity index (χ0) is 15.5. The summed E-state index contributed by atoms with van der Waals surface area (Å²) in [7, 11) is -3.20. The van der Waals surface area contributed by atoms with Crippen molar-refractivity contribution in [3.8, 4) is 0 Å². The molecule has 0 aliphatic carbocycles. The molecule has 0 amide bonds. The number of benzene rings is 2. The van der Waals surface area contributed by atoms with Crippen LogP contribution in [-0.4, -0.2) is 21.2 Å². The quantitative estimate of drug-likeness (QED) is 0.924. The zero-order valence-electron chi connectivity index (χ0n) is 11.8. The summed E-state index contributed by atoms with van der Waals surface area (Å²) < 4.78 is 36.0. The molecule has 0 aromatic heterocycles. The van der Waals surface area contributed by atoms with Crippen LogP contribution in [0.25, 0.3) is 0 Å². The van der Waals surface area contributed by atoms with E-state index in [9.17, 15) is 12.8 Å². The molecule has 0 aliphatic rings. The van der Waals surface area contributed by atoms with Gasteiger partial charge in [-0.3, -0.25) is 0 Å². The van der Waals surface area contributed by atoms with Gasteiger partial charge in [0.1, 0.15) is 5.82 Å². The predicted molar refractivity (Wildman–Crippen MR) is 81.5 cm³/mol. The number of rotatable bonds is 5. The predicted octanol–water partition coefficient (Wildman–Crippen LogP) is 2.71. The molecule has 2 aromatic carbocycles. The van der Waals surface area contributed by atoms with Gasteiger partial charge in [0.15, 0.2) is 9.84 Å². The maximum atomic E-state index is 13.0. The summed E-state index contributed by atoms with van der Waals surface area (Å²) in [6.45, 7) is 0.496. The minimum absolute atomic E-state index is 0.0317. The van der Waals surface area contributed by atoms with E-state index in [1.165, 1.54) is 18.4 Å². The summed E-state index contributed by atoms with van der Waals surface area (Å²) in [6.07, 6.45) is 1.89. The van der Waals surface area contributed by atoms with E-state index in [4.69, 9.17) is 5.73 Å². The second kappa shape index (κ2) is 6.37. The molecule has 0 bridgehead atoms. The van der Waals surface area contributed by atoms with Crippen molar-refractivity contribution < 1.29 is 12.8 Å². The van der Waals surface area contributed by atoms with Gasteiger partial charge in [-0.05, 0) is 48.4 Å². The van der Waals surface area contributed by atoms with Crippen LogP contribution in [0.15, 0.2) is 53.4 Å². The molecular formula is C16H18FNO2S. The van der Waals surface area contributed by atoms with Gasteiger partial charge in [0, 0.05) is 12.2 Å². The molecule has 2 N–H and O–H groups in total. The van der Waals surface area contributed by atoms with Crippen LogP contribution in [0.3, 0.4) is 0 Å². The maximum Gasteiger partial charge on any atom is 0.175 e. The largest absolute Gasteiger partial charge is 0.330 e. The minimum atomic E-state index is -3.20. The van der Waals surface area contributed by atoms with Crippen molar-refractivity contribution in [2.75, 3.05) is 12.8 Å². The summed E-state index contributed by atoms with van der Waals surface area (Å²) in [4.78, 5) is 0.289. The Kier molecular flexibility index (Phi) is 4.75. The summed E-state index contributed by atoms with van der Waals surface area (Å²) in [6, 6.07) is 13.1. The standard InChI is InChI=1S/C16H18FNO2S/c1-21(19,20)15-8-4-13(5-9-15)16(10-11-18)12-2-6-14(17)7-3-12/h2-9,16H,10-11,18H2,1H3/t16-/m1/s1. The molecule has 0 fully saturated rings. The third-order valence-electron chi connectivity index (χ3n) is 3.44. The Morgan fingerprint density at radius 3 is 1.90 bits per heavy atom. The smallest absolute Gasteiger partial charge is 0.175 e. The lowest BCUT2D eigenvalue weighted by Gasteiger charge is -2.17. The van der Waals surface area contributed by atoms with Crippen molar-refractivity contribution >= 4 is 9.84 Å². The van der Waals surface area contributed by atoms with Crippen LogP contribution in [0, 0.1) is 5.82 Å². The van der Waals surface area contributed by atoms with E-state index in [1.807, 2.05) is 0 Å². The van der Waals surface area contributed by atoms with E-state index >= 15 is 0 Å². The van der Waals surface area contributed by atoms with E-state index in [0.29, 0.717) is 13.0 Å². The van der Waals surface area contributed by atoms with E-state index in [2.05, 4.69) is 0 Å². The van der Waals surface area contributed by atoms with Gasteiger partial charge in [0.25, 0.3) is 0 Å². The van der Waals surface area contributed by atoms with Crippen molar-refractivity contribution in [2.24, 2.45) is 5.73 Å². The number of halogens is 1. The molecule has 0 radical (unpaired) electrons. The molecule has 21 heavy (non-hydrogen) atoms. The number of sulfone groups is 1. The molecule has 0 aliphatic heterocycles. The van der Waals surface area contributed by atoms with Gasteiger partial charge in [0.2, 0.25) is 0 Å². The fraction of sp³-hybridized carbons (Fsp3) is 0.250. The van der Waals surface area contributed by atoms with Crippen LogP contribution in [-0.2, 0) is 9.84 Å². The lowest BCUT2D eigenvalue weighted by molar-refractivity contribution is 0.601. The molecule has 112 valence electrons. The minimum Gasteiger partial charge on any atom is -0.330 e. The number of nitrogens with two attached hydrogens (primary N) is 1. The Morgan fingerprint density at radius 1 is 1.00 bits per heavy atom. The fourth-order valence-electron chi connectivity index (χ4n) is 2.33. The molecule has 1 atom stereocenters. The SMILES string of the molecule is CS(=O)(=O)c1ccc([C@H](CCN)c2ccc(F)cc2)cc1. The highest BCUT2D eigenvalue weighted by Crippen LogP contribution is 2.28. The Morgan fingerprint density at radius 2 is 1.48 bits per heavy atom. The van der Waals surface area contributed by atoms with Crippen LogP contribution >= 0.6 is 0 Å². The van der Waals surface area contributed by atoms with Crippen molar-refractivity contribution in [1.82, 2.24) is 0 Å². The molecular weight excluding hydrogens is 289 g/mol. The van der Waals surface area contributed by atoms with Gasteiger partial charge < -0.3 is 5.73 Å². The van der Waals surface area contributed by atoms with Gasteiger partial charge in [-0.15, -0.1) is 0 Å². The average molecular weight is 307 g/mol. The molecule has 2 rings (SSSR count). The maximum absolute atomic E-state index is 13.0. The highest BCUT2D eigenvalue weighted by molar-refractivity contribution is 7.90. The van der Waals surface area contributed by atoms with Gasteiger partial charge in [-0.1, -0.05) is 24.3 Å². The van der Waals surface area contributed by atoms with Crippen molar-refractivity contribution in [3.63, 3.8) is 0 Å². The van der Waals surface area contributed by atoms with Gasteiger partial charge >= 0.3 is 0 Å². The average Bonchev–Trinajstić information content (AvgIpc) is 2.45. The lowest BCUT2D eigenvalue weighted by atomic mass is 9.88. The monoisotopic (exact) mass is 307 g/mol. The first kappa shape index (κ1) is 15.7. The molecule has 5 heteroatoms. The third kappa shape index (κ3) is 3.89. The Balaban J connectivity index is 2.36. The topological polar surface area (TPSA) is 60.2 Å². The Bertz CT molecular complexity index is 694. The molecule has 0 unspecified atom stereocenters. The summed E-state index contributed by atoms with van der Waals surface area (Å²) >= 11 is 0. The molecule has 3 nitrogen and oxygen atoms in total. The molecule has 2 aromatic rings. The molecule has 0 heterocycles. The summed E-state index contributed by atoms with van der Waals surface area (Å²) in [5.41, 5.74) is 7.60. The molecule has 0 spiro atoms. The van der Waals surface area contributed by atoms with Crippen LogP contribution in [0.4, 0.5) is 4.39 Å². The van der Waals surface area contributed by atoms with E-state index in [0.717, 1.165) is 11.1 Å².